The number of carbonyl (C=O) groups is 2. The van der Waals surface area contributed by atoms with Gasteiger partial charge >= 0.3 is 6.03 Å². The topological polar surface area (TPSA) is 86.8 Å². The zero-order chi connectivity index (χ0) is 20.8. The van der Waals surface area contributed by atoms with E-state index in [2.05, 4.69) is 20.7 Å². The highest BCUT2D eigenvalue weighted by molar-refractivity contribution is 9.10. The van der Waals surface area contributed by atoms with Crippen LogP contribution in [0.15, 0.2) is 57.9 Å². The SMILES string of the molecule is O=C1C2CC(NS(=O)(=O)c3ccc(Cl)cc3)CCN2C(=O)N1c1ccc(Br)cc1. The van der Waals surface area contributed by atoms with Gasteiger partial charge < -0.3 is 4.90 Å². The molecule has 0 aromatic heterocycles. The number of hydrogen-bond donors (Lipinski definition) is 1. The zero-order valence-electron chi connectivity index (χ0n) is 15.1. The van der Waals surface area contributed by atoms with Crippen molar-refractivity contribution in [2.45, 2.75) is 29.8 Å². The van der Waals surface area contributed by atoms with E-state index in [9.17, 15) is 18.0 Å². The predicted octanol–water partition coefficient (Wildman–Crippen LogP) is 3.38. The molecule has 2 aliphatic rings. The number of rotatable bonds is 4. The number of urea groups is 1. The number of imide groups is 1. The predicted molar refractivity (Wildman–Crippen MR) is 112 cm³/mol. The number of fused-ring (bicyclic) bond motifs is 1. The zero-order valence-corrected chi connectivity index (χ0v) is 18.2. The van der Waals surface area contributed by atoms with E-state index in [4.69, 9.17) is 11.6 Å². The Hall–Kier alpha value is -1.94. The minimum Gasteiger partial charge on any atom is -0.312 e. The fourth-order valence-corrected chi connectivity index (χ4v) is 5.31. The molecule has 2 aliphatic heterocycles. The normalized spacial score (nSPS) is 22.1. The number of piperidine rings is 1. The molecular formula is C19H17BrClN3O4S. The van der Waals surface area contributed by atoms with Crippen LogP contribution in [0.4, 0.5) is 10.5 Å². The first kappa shape index (κ1) is 20.3. The molecule has 2 unspecified atom stereocenters. The Kier molecular flexibility index (Phi) is 5.41. The van der Waals surface area contributed by atoms with E-state index in [1.54, 1.807) is 24.3 Å². The number of halogens is 2. The van der Waals surface area contributed by atoms with Crippen molar-refractivity contribution in [2.24, 2.45) is 0 Å². The van der Waals surface area contributed by atoms with E-state index in [1.165, 1.54) is 29.2 Å². The van der Waals surface area contributed by atoms with E-state index >= 15 is 0 Å². The molecule has 0 saturated carbocycles. The van der Waals surface area contributed by atoms with E-state index in [0.717, 1.165) is 9.37 Å². The summed E-state index contributed by atoms with van der Waals surface area (Å²) in [5.41, 5.74) is 0.496. The summed E-state index contributed by atoms with van der Waals surface area (Å²) in [7, 11) is -3.75. The van der Waals surface area contributed by atoms with Crippen molar-refractivity contribution in [3.63, 3.8) is 0 Å². The number of anilines is 1. The van der Waals surface area contributed by atoms with Crippen LogP contribution in [0.25, 0.3) is 0 Å². The van der Waals surface area contributed by atoms with Crippen LogP contribution in [0.2, 0.25) is 5.02 Å². The van der Waals surface area contributed by atoms with Gasteiger partial charge in [0.15, 0.2) is 0 Å². The monoisotopic (exact) mass is 497 g/mol. The summed E-state index contributed by atoms with van der Waals surface area (Å²) in [5.74, 6) is -0.340. The molecule has 3 amide bonds. The van der Waals surface area contributed by atoms with Gasteiger partial charge in [0.1, 0.15) is 6.04 Å². The molecule has 4 rings (SSSR count). The third-order valence-electron chi connectivity index (χ3n) is 5.08. The number of carbonyl (C=O) groups excluding carboxylic acids is 2. The Balaban J connectivity index is 1.51. The molecule has 0 radical (unpaired) electrons. The van der Waals surface area contributed by atoms with Crippen molar-refractivity contribution in [1.82, 2.24) is 9.62 Å². The van der Waals surface area contributed by atoms with Crippen molar-refractivity contribution >= 4 is 55.2 Å². The van der Waals surface area contributed by atoms with E-state index in [0.29, 0.717) is 23.7 Å². The molecule has 0 aliphatic carbocycles. The van der Waals surface area contributed by atoms with Gasteiger partial charge in [-0.15, -0.1) is 0 Å². The smallest absolute Gasteiger partial charge is 0.312 e. The highest BCUT2D eigenvalue weighted by Gasteiger charge is 2.49. The fourth-order valence-electron chi connectivity index (χ4n) is 3.64. The summed E-state index contributed by atoms with van der Waals surface area (Å²) >= 11 is 9.15. The fraction of sp³-hybridized carbons (Fsp3) is 0.263. The standard InChI is InChI=1S/C19H17BrClN3O4S/c20-12-1-5-15(6-2-12)24-18(25)17-11-14(9-10-23(17)19(24)26)22-29(27,28)16-7-3-13(21)4-8-16/h1-8,14,17,22H,9-11H2. The van der Waals surface area contributed by atoms with Crippen LogP contribution in [0.3, 0.4) is 0 Å². The summed E-state index contributed by atoms with van der Waals surface area (Å²) < 4.78 is 28.8. The average molecular weight is 499 g/mol. The average Bonchev–Trinajstić information content (AvgIpc) is 2.93. The van der Waals surface area contributed by atoms with Crippen molar-refractivity contribution in [2.75, 3.05) is 11.4 Å². The van der Waals surface area contributed by atoms with Crippen LogP contribution >= 0.6 is 27.5 Å². The Labute approximate surface area is 181 Å². The molecule has 2 atom stereocenters. The van der Waals surface area contributed by atoms with Gasteiger partial charge in [0, 0.05) is 22.1 Å². The van der Waals surface area contributed by atoms with Gasteiger partial charge in [0.2, 0.25) is 10.0 Å². The van der Waals surface area contributed by atoms with Gasteiger partial charge in [-0.3, -0.25) is 4.79 Å². The molecule has 7 nitrogen and oxygen atoms in total. The van der Waals surface area contributed by atoms with Crippen molar-refractivity contribution < 1.29 is 18.0 Å². The van der Waals surface area contributed by atoms with Gasteiger partial charge in [-0.25, -0.2) is 22.8 Å². The highest BCUT2D eigenvalue weighted by atomic mass is 79.9. The molecular weight excluding hydrogens is 482 g/mol. The second kappa shape index (κ2) is 7.71. The Morgan fingerprint density at radius 1 is 1.03 bits per heavy atom. The van der Waals surface area contributed by atoms with Crippen molar-refractivity contribution in [1.29, 1.82) is 0 Å². The van der Waals surface area contributed by atoms with Gasteiger partial charge in [-0.2, -0.15) is 0 Å². The number of amides is 3. The lowest BCUT2D eigenvalue weighted by atomic mass is 9.99. The molecule has 10 heteroatoms. The summed E-state index contributed by atoms with van der Waals surface area (Å²) in [4.78, 5) is 28.4. The molecule has 2 heterocycles. The van der Waals surface area contributed by atoms with Crippen LogP contribution in [0.1, 0.15) is 12.8 Å². The summed E-state index contributed by atoms with van der Waals surface area (Å²) in [6, 6.07) is 11.3. The summed E-state index contributed by atoms with van der Waals surface area (Å²) in [6.07, 6.45) is 0.654. The lowest BCUT2D eigenvalue weighted by molar-refractivity contribution is -0.120. The number of hydrogen-bond acceptors (Lipinski definition) is 4. The van der Waals surface area contributed by atoms with Gasteiger partial charge in [-0.05, 0) is 61.4 Å². The molecule has 0 spiro atoms. The Morgan fingerprint density at radius 3 is 2.34 bits per heavy atom. The molecule has 152 valence electrons. The molecule has 2 aromatic rings. The first-order valence-electron chi connectivity index (χ1n) is 8.94. The van der Waals surface area contributed by atoms with Gasteiger partial charge in [0.05, 0.1) is 10.6 Å². The maximum Gasteiger partial charge on any atom is 0.332 e. The largest absolute Gasteiger partial charge is 0.332 e. The van der Waals surface area contributed by atoms with Crippen LogP contribution in [-0.2, 0) is 14.8 Å². The maximum atomic E-state index is 12.9. The minimum atomic E-state index is -3.75. The summed E-state index contributed by atoms with van der Waals surface area (Å²) in [6.45, 7) is 0.302. The quantitative estimate of drug-likeness (QED) is 0.655. The van der Waals surface area contributed by atoms with Crippen LogP contribution < -0.4 is 9.62 Å². The van der Waals surface area contributed by atoms with Crippen molar-refractivity contribution in [3.05, 3.63) is 58.0 Å². The van der Waals surface area contributed by atoms with Gasteiger partial charge in [0.25, 0.3) is 5.91 Å². The molecule has 2 saturated heterocycles. The maximum absolute atomic E-state index is 12.9. The molecule has 2 aromatic carbocycles. The number of benzene rings is 2. The highest BCUT2D eigenvalue weighted by Crippen LogP contribution is 2.32. The Morgan fingerprint density at radius 2 is 1.69 bits per heavy atom. The van der Waals surface area contributed by atoms with Crippen LogP contribution in [0, 0.1) is 0 Å². The third kappa shape index (κ3) is 3.92. The lowest BCUT2D eigenvalue weighted by Gasteiger charge is -2.32. The minimum absolute atomic E-state index is 0.106. The van der Waals surface area contributed by atoms with E-state index in [-0.39, 0.29) is 23.3 Å². The van der Waals surface area contributed by atoms with E-state index in [1.807, 2.05) is 0 Å². The second-order valence-electron chi connectivity index (χ2n) is 6.94. The lowest BCUT2D eigenvalue weighted by Crippen LogP contribution is -2.49. The number of sulfonamides is 1. The van der Waals surface area contributed by atoms with E-state index < -0.39 is 22.1 Å². The number of nitrogens with one attached hydrogen (secondary N) is 1. The first-order chi connectivity index (χ1) is 13.8. The second-order valence-corrected chi connectivity index (χ2v) is 10.0. The first-order valence-corrected chi connectivity index (χ1v) is 11.6. The molecule has 29 heavy (non-hydrogen) atoms. The number of nitrogens with zero attached hydrogens (tertiary/aromatic N) is 2. The molecule has 1 N–H and O–H groups in total. The third-order valence-corrected chi connectivity index (χ3v) is 7.39. The Bertz CT molecular complexity index is 1060. The van der Waals surface area contributed by atoms with Crippen molar-refractivity contribution in [3.8, 4) is 0 Å². The molecule has 0 bridgehead atoms. The van der Waals surface area contributed by atoms with Gasteiger partial charge in [-0.1, -0.05) is 27.5 Å². The van der Waals surface area contributed by atoms with Crippen LogP contribution in [0.5, 0.6) is 0 Å². The summed E-state index contributed by atoms with van der Waals surface area (Å²) in [5, 5.41) is 0.445. The van der Waals surface area contributed by atoms with Crippen LogP contribution in [-0.4, -0.2) is 43.9 Å². The molecule has 2 fully saturated rings.